The first-order valence-corrected chi connectivity index (χ1v) is 9.06. The Bertz CT molecular complexity index is 823. The van der Waals surface area contributed by atoms with Crippen molar-refractivity contribution < 1.29 is 22.3 Å². The zero-order chi connectivity index (χ0) is 18.3. The van der Waals surface area contributed by atoms with E-state index in [0.29, 0.717) is 19.6 Å². The lowest BCUT2D eigenvalue weighted by atomic mass is 10.2. The van der Waals surface area contributed by atoms with Crippen molar-refractivity contribution in [3.8, 4) is 0 Å². The van der Waals surface area contributed by atoms with E-state index >= 15 is 0 Å². The van der Waals surface area contributed by atoms with Gasteiger partial charge in [0.25, 0.3) is 15.9 Å². The molecule has 0 radical (unpaired) electrons. The van der Waals surface area contributed by atoms with Gasteiger partial charge in [-0.3, -0.25) is 9.52 Å². The van der Waals surface area contributed by atoms with Gasteiger partial charge in [-0.15, -0.1) is 0 Å². The minimum absolute atomic E-state index is 0.0543. The molecule has 0 aliphatic rings. The zero-order valence-electron chi connectivity index (χ0n) is 13.7. The Hall–Kier alpha value is -2.45. The fraction of sp³-hybridized carbons (Fsp3) is 0.235. The fourth-order valence-corrected chi connectivity index (χ4v) is 3.16. The second-order valence-electron chi connectivity index (χ2n) is 5.24. The Balaban J connectivity index is 2.10. The van der Waals surface area contributed by atoms with Gasteiger partial charge in [-0.1, -0.05) is 6.07 Å². The lowest BCUT2D eigenvalue weighted by Gasteiger charge is -2.10. The van der Waals surface area contributed by atoms with Crippen molar-refractivity contribution in [1.82, 2.24) is 5.32 Å². The Kier molecular flexibility index (Phi) is 6.49. The molecule has 0 saturated carbocycles. The van der Waals surface area contributed by atoms with Crippen molar-refractivity contribution in [3.05, 3.63) is 59.9 Å². The van der Waals surface area contributed by atoms with Crippen LogP contribution < -0.4 is 10.0 Å². The Morgan fingerprint density at radius 3 is 2.56 bits per heavy atom. The molecule has 6 nitrogen and oxygen atoms in total. The van der Waals surface area contributed by atoms with Crippen LogP contribution in [0.4, 0.5) is 10.1 Å². The molecule has 2 aromatic rings. The van der Waals surface area contributed by atoms with Gasteiger partial charge >= 0.3 is 0 Å². The van der Waals surface area contributed by atoms with Crippen molar-refractivity contribution in [3.63, 3.8) is 0 Å². The summed E-state index contributed by atoms with van der Waals surface area (Å²) in [5, 5.41) is 2.69. The molecule has 0 spiro atoms. The molecule has 25 heavy (non-hydrogen) atoms. The van der Waals surface area contributed by atoms with Gasteiger partial charge in [0.1, 0.15) is 5.82 Å². The molecule has 2 N–H and O–H groups in total. The van der Waals surface area contributed by atoms with Crippen LogP contribution in [0.5, 0.6) is 0 Å². The van der Waals surface area contributed by atoms with Crippen molar-refractivity contribution in [1.29, 1.82) is 0 Å². The highest BCUT2D eigenvalue weighted by molar-refractivity contribution is 7.92. The number of hydrogen-bond acceptors (Lipinski definition) is 4. The molecule has 0 aliphatic carbocycles. The molecule has 0 saturated heterocycles. The fourth-order valence-electron chi connectivity index (χ4n) is 2.06. The molecular formula is C17H19FN2O4S. The Morgan fingerprint density at radius 2 is 1.88 bits per heavy atom. The minimum atomic E-state index is -3.88. The first kappa shape index (κ1) is 18.9. The van der Waals surface area contributed by atoms with E-state index < -0.39 is 15.8 Å². The number of sulfonamides is 1. The van der Waals surface area contributed by atoms with E-state index in [0.717, 1.165) is 12.1 Å². The van der Waals surface area contributed by atoms with Crippen LogP contribution in [0.3, 0.4) is 0 Å². The van der Waals surface area contributed by atoms with Crippen LogP contribution >= 0.6 is 0 Å². The average molecular weight is 366 g/mol. The van der Waals surface area contributed by atoms with E-state index in [4.69, 9.17) is 4.74 Å². The molecule has 0 heterocycles. The topological polar surface area (TPSA) is 84.5 Å². The van der Waals surface area contributed by atoms with Crippen LogP contribution in [0.25, 0.3) is 0 Å². The van der Waals surface area contributed by atoms with Crippen LogP contribution in [-0.2, 0) is 14.8 Å². The van der Waals surface area contributed by atoms with E-state index in [1.807, 2.05) is 0 Å². The van der Waals surface area contributed by atoms with E-state index in [2.05, 4.69) is 10.0 Å². The van der Waals surface area contributed by atoms with Crippen LogP contribution in [-0.4, -0.2) is 34.6 Å². The smallest absolute Gasteiger partial charge is 0.261 e. The highest BCUT2D eigenvalue weighted by atomic mass is 32.2. The number of methoxy groups -OCH3 is 1. The normalized spacial score (nSPS) is 11.1. The van der Waals surface area contributed by atoms with Crippen LogP contribution in [0.15, 0.2) is 53.4 Å². The van der Waals surface area contributed by atoms with Crippen LogP contribution in [0.1, 0.15) is 16.8 Å². The molecule has 2 aromatic carbocycles. The van der Waals surface area contributed by atoms with Gasteiger partial charge in [0, 0.05) is 31.5 Å². The number of carbonyl (C=O) groups is 1. The summed E-state index contributed by atoms with van der Waals surface area (Å²) in [7, 11) is -2.31. The second-order valence-corrected chi connectivity index (χ2v) is 6.92. The third-order valence-corrected chi connectivity index (χ3v) is 4.69. The quantitative estimate of drug-likeness (QED) is 0.703. The standard InChI is InChI=1S/C17H19FN2O4S/c1-24-11-3-10-19-17(21)13-4-2-5-16(12-13)25(22,23)20-15-8-6-14(18)7-9-15/h2,4-9,12,20H,3,10-11H2,1H3,(H,19,21). The second kappa shape index (κ2) is 8.59. The van der Waals surface area contributed by atoms with Crippen molar-refractivity contribution >= 4 is 21.6 Å². The van der Waals surface area contributed by atoms with Gasteiger partial charge in [0.2, 0.25) is 0 Å². The number of rotatable bonds is 8. The van der Waals surface area contributed by atoms with Gasteiger partial charge in [0.15, 0.2) is 0 Å². The molecule has 0 aromatic heterocycles. The molecule has 0 aliphatic heterocycles. The Labute approximate surface area is 146 Å². The first-order valence-electron chi connectivity index (χ1n) is 7.58. The Morgan fingerprint density at radius 1 is 1.16 bits per heavy atom. The number of amides is 1. The molecule has 0 bridgehead atoms. The van der Waals surface area contributed by atoms with Gasteiger partial charge in [0.05, 0.1) is 4.90 Å². The van der Waals surface area contributed by atoms with E-state index in [9.17, 15) is 17.6 Å². The number of anilines is 1. The summed E-state index contributed by atoms with van der Waals surface area (Å²) in [6, 6.07) is 10.6. The summed E-state index contributed by atoms with van der Waals surface area (Å²) in [5.74, 6) is -0.829. The lowest BCUT2D eigenvalue weighted by molar-refractivity contribution is 0.0948. The number of carbonyl (C=O) groups excluding carboxylic acids is 1. The molecule has 8 heteroatoms. The molecule has 2 rings (SSSR count). The van der Waals surface area contributed by atoms with Crippen LogP contribution in [0.2, 0.25) is 0 Å². The maximum absolute atomic E-state index is 12.9. The lowest BCUT2D eigenvalue weighted by Crippen LogP contribution is -2.25. The molecule has 0 fully saturated rings. The predicted molar refractivity (Wildman–Crippen MR) is 92.5 cm³/mol. The maximum atomic E-state index is 12.9. The number of hydrogen-bond donors (Lipinski definition) is 2. The summed E-state index contributed by atoms with van der Waals surface area (Å²) in [5.41, 5.74) is 0.468. The highest BCUT2D eigenvalue weighted by Gasteiger charge is 2.16. The van der Waals surface area contributed by atoms with Gasteiger partial charge in [-0.25, -0.2) is 12.8 Å². The molecule has 0 atom stereocenters. The highest BCUT2D eigenvalue weighted by Crippen LogP contribution is 2.17. The summed E-state index contributed by atoms with van der Waals surface area (Å²) >= 11 is 0. The largest absolute Gasteiger partial charge is 0.385 e. The van der Waals surface area contributed by atoms with Crippen molar-refractivity contribution in [2.75, 3.05) is 25.0 Å². The summed E-state index contributed by atoms with van der Waals surface area (Å²) in [6.07, 6.45) is 0.659. The van der Waals surface area contributed by atoms with Gasteiger partial charge in [-0.05, 0) is 48.9 Å². The maximum Gasteiger partial charge on any atom is 0.261 e. The number of nitrogens with one attached hydrogen (secondary N) is 2. The molecule has 0 unspecified atom stereocenters. The number of benzene rings is 2. The van der Waals surface area contributed by atoms with E-state index in [1.54, 1.807) is 7.11 Å². The first-order chi connectivity index (χ1) is 11.9. The molecule has 134 valence electrons. The number of ether oxygens (including phenoxy) is 1. The molecule has 1 amide bonds. The van der Waals surface area contributed by atoms with E-state index in [-0.39, 0.29) is 22.1 Å². The summed E-state index contributed by atoms with van der Waals surface area (Å²) in [4.78, 5) is 12.0. The van der Waals surface area contributed by atoms with Gasteiger partial charge < -0.3 is 10.1 Å². The molecular weight excluding hydrogens is 347 g/mol. The summed E-state index contributed by atoms with van der Waals surface area (Å²) < 4.78 is 45.0. The monoisotopic (exact) mass is 366 g/mol. The number of halogens is 1. The SMILES string of the molecule is COCCCNC(=O)c1cccc(S(=O)(=O)Nc2ccc(F)cc2)c1. The third kappa shape index (κ3) is 5.54. The summed E-state index contributed by atoms with van der Waals surface area (Å²) in [6.45, 7) is 0.952. The van der Waals surface area contributed by atoms with Crippen molar-refractivity contribution in [2.24, 2.45) is 0 Å². The van der Waals surface area contributed by atoms with E-state index in [1.165, 1.54) is 36.4 Å². The van der Waals surface area contributed by atoms with Gasteiger partial charge in [-0.2, -0.15) is 0 Å². The van der Waals surface area contributed by atoms with Crippen molar-refractivity contribution in [2.45, 2.75) is 11.3 Å². The minimum Gasteiger partial charge on any atom is -0.385 e. The van der Waals surface area contributed by atoms with Crippen LogP contribution in [0, 0.1) is 5.82 Å². The third-order valence-electron chi connectivity index (χ3n) is 3.31. The zero-order valence-corrected chi connectivity index (χ0v) is 14.5. The predicted octanol–water partition coefficient (Wildman–Crippen LogP) is 2.39. The average Bonchev–Trinajstić information content (AvgIpc) is 2.60.